The molecule has 0 amide bonds. The van der Waals surface area contributed by atoms with Crippen molar-refractivity contribution in [1.82, 2.24) is 0 Å². The molecular weight excluding hydrogens is 476 g/mol. The van der Waals surface area contributed by atoms with Gasteiger partial charge in [0.2, 0.25) is 0 Å². The van der Waals surface area contributed by atoms with E-state index in [1.165, 1.54) is 22.9 Å². The first-order valence-electron chi connectivity index (χ1n) is 11.9. The zero-order valence-electron chi connectivity index (χ0n) is 20.8. The quantitative estimate of drug-likeness (QED) is 0.456. The summed E-state index contributed by atoms with van der Waals surface area (Å²) in [4.78, 5) is 0. The molecule has 0 aliphatic carbocycles. The maximum absolute atomic E-state index is 5.91. The summed E-state index contributed by atoms with van der Waals surface area (Å²) in [5, 5.41) is 2.94. The minimum Gasteiger partial charge on any atom is -0.379 e. The molecule has 3 rings (SSSR count). The summed E-state index contributed by atoms with van der Waals surface area (Å²) in [5.74, 6) is 0. The second-order valence-electron chi connectivity index (χ2n) is 7.71. The van der Waals surface area contributed by atoms with Crippen molar-refractivity contribution in [2.75, 3.05) is 90.7 Å². The molecule has 0 aromatic heterocycles. The molecule has 1 saturated heterocycles. The Labute approximate surface area is 218 Å². The Bertz CT molecular complexity index is 669. The van der Waals surface area contributed by atoms with E-state index < -0.39 is 0 Å². The summed E-state index contributed by atoms with van der Waals surface area (Å²) in [7, 11) is -0.511. The lowest BCUT2D eigenvalue weighted by Crippen LogP contribution is -2.16. The standard InChI is InChI=1S/C26H38O5P2.2B/c1-3-7-25(8-4-1)32-21-19-30-17-15-28-13-11-27-12-14-29-16-18-31-20-22-33(24-23-32)26-9-5-2-6-10-26;;/h1-10H,11-24H2;;/t32-,33-;;/m0../s1. The summed E-state index contributed by atoms with van der Waals surface area (Å²) in [5.41, 5.74) is 0. The van der Waals surface area contributed by atoms with Crippen molar-refractivity contribution >= 4 is 43.3 Å². The number of hydrogen-bond donors (Lipinski definition) is 0. The summed E-state index contributed by atoms with van der Waals surface area (Å²) in [6, 6.07) is 22.0. The van der Waals surface area contributed by atoms with Gasteiger partial charge < -0.3 is 23.7 Å². The van der Waals surface area contributed by atoms with Gasteiger partial charge in [0.05, 0.1) is 66.1 Å². The van der Waals surface area contributed by atoms with Crippen molar-refractivity contribution < 1.29 is 23.7 Å². The first kappa shape index (κ1) is 32.3. The lowest BCUT2D eigenvalue weighted by atomic mass is 10.4. The van der Waals surface area contributed by atoms with Crippen LogP contribution in [0.1, 0.15) is 0 Å². The molecule has 1 aliphatic rings. The molecule has 9 heteroatoms. The highest BCUT2D eigenvalue weighted by Gasteiger charge is 2.16. The fraction of sp³-hybridized carbons (Fsp3) is 0.538. The van der Waals surface area contributed by atoms with Crippen LogP contribution >= 0.6 is 15.8 Å². The fourth-order valence-electron chi connectivity index (χ4n) is 3.59. The van der Waals surface area contributed by atoms with Gasteiger partial charge in [0, 0.05) is 16.8 Å². The van der Waals surface area contributed by atoms with Crippen LogP contribution in [-0.4, -0.2) is 108 Å². The number of benzene rings is 2. The van der Waals surface area contributed by atoms with Crippen molar-refractivity contribution in [2.24, 2.45) is 0 Å². The van der Waals surface area contributed by atoms with E-state index in [1.54, 1.807) is 0 Å². The maximum Gasteiger partial charge on any atom is 0.0701 e. The molecule has 2 atom stereocenters. The molecule has 6 radical (unpaired) electrons. The Morgan fingerprint density at radius 2 is 0.657 bits per heavy atom. The molecule has 1 fully saturated rings. The predicted octanol–water partition coefficient (Wildman–Crippen LogP) is 2.94. The smallest absolute Gasteiger partial charge is 0.0701 e. The van der Waals surface area contributed by atoms with E-state index in [1.807, 2.05) is 0 Å². The topological polar surface area (TPSA) is 46.2 Å². The Kier molecular flexibility index (Phi) is 19.7. The van der Waals surface area contributed by atoms with Crippen LogP contribution in [0, 0.1) is 0 Å². The zero-order chi connectivity index (χ0) is 22.8. The molecule has 188 valence electrons. The van der Waals surface area contributed by atoms with E-state index >= 15 is 0 Å². The van der Waals surface area contributed by atoms with E-state index in [-0.39, 0.29) is 32.7 Å². The average Bonchev–Trinajstić information content (AvgIpc) is 2.86. The van der Waals surface area contributed by atoms with E-state index in [0.717, 1.165) is 25.5 Å². The molecule has 2 aromatic carbocycles. The van der Waals surface area contributed by atoms with Crippen molar-refractivity contribution in [3.63, 3.8) is 0 Å². The highest BCUT2D eigenvalue weighted by molar-refractivity contribution is 7.69. The lowest BCUT2D eigenvalue weighted by Gasteiger charge is -2.23. The number of rotatable bonds is 2. The number of hydrogen-bond acceptors (Lipinski definition) is 5. The maximum atomic E-state index is 5.91. The monoisotopic (exact) mass is 514 g/mol. The Morgan fingerprint density at radius 1 is 0.371 bits per heavy atom. The Hall–Kier alpha value is -0.770. The first-order chi connectivity index (χ1) is 16.4. The highest BCUT2D eigenvalue weighted by atomic mass is 31.1. The van der Waals surface area contributed by atoms with E-state index in [9.17, 15) is 0 Å². The van der Waals surface area contributed by atoms with Gasteiger partial charge in [-0.3, -0.25) is 0 Å². The Morgan fingerprint density at radius 3 is 0.971 bits per heavy atom. The molecule has 0 spiro atoms. The minimum absolute atomic E-state index is 0. The van der Waals surface area contributed by atoms with Crippen LogP contribution in [0.5, 0.6) is 0 Å². The van der Waals surface area contributed by atoms with Crippen LogP contribution in [-0.2, 0) is 23.7 Å². The first-order valence-corrected chi connectivity index (χ1v) is 15.3. The summed E-state index contributed by atoms with van der Waals surface area (Å²) in [6.07, 6.45) is 4.63. The van der Waals surface area contributed by atoms with Gasteiger partial charge in [0.1, 0.15) is 0 Å². The molecule has 0 bridgehead atoms. The van der Waals surface area contributed by atoms with Gasteiger partial charge in [0.15, 0.2) is 0 Å². The largest absolute Gasteiger partial charge is 0.379 e. The second kappa shape index (κ2) is 21.3. The second-order valence-corrected chi connectivity index (χ2v) is 12.7. The predicted molar refractivity (Wildman–Crippen MR) is 151 cm³/mol. The van der Waals surface area contributed by atoms with Gasteiger partial charge >= 0.3 is 0 Å². The summed E-state index contributed by atoms with van der Waals surface area (Å²) in [6.45, 7) is 6.40. The van der Waals surface area contributed by atoms with Gasteiger partial charge in [0.25, 0.3) is 0 Å². The lowest BCUT2D eigenvalue weighted by molar-refractivity contribution is -0.00907. The van der Waals surface area contributed by atoms with Crippen molar-refractivity contribution in [3.8, 4) is 0 Å². The van der Waals surface area contributed by atoms with Gasteiger partial charge in [-0.25, -0.2) is 0 Å². The molecule has 0 saturated carbocycles. The molecule has 0 N–H and O–H groups in total. The van der Waals surface area contributed by atoms with Gasteiger partial charge in [-0.1, -0.05) is 76.5 Å². The number of ether oxygens (including phenoxy) is 5. The molecule has 35 heavy (non-hydrogen) atoms. The molecule has 1 aliphatic heterocycles. The van der Waals surface area contributed by atoms with Crippen LogP contribution in [0.4, 0.5) is 0 Å². The van der Waals surface area contributed by atoms with Crippen LogP contribution in [0.3, 0.4) is 0 Å². The van der Waals surface area contributed by atoms with E-state index in [2.05, 4.69) is 60.7 Å². The van der Waals surface area contributed by atoms with Gasteiger partial charge in [-0.2, -0.15) is 0 Å². The van der Waals surface area contributed by atoms with Crippen molar-refractivity contribution in [1.29, 1.82) is 0 Å². The molecular formula is C26H38B2O5P2. The molecule has 5 nitrogen and oxygen atoms in total. The van der Waals surface area contributed by atoms with Gasteiger partial charge in [-0.15, -0.1) is 0 Å². The molecule has 1 heterocycles. The van der Waals surface area contributed by atoms with E-state index in [0.29, 0.717) is 52.9 Å². The van der Waals surface area contributed by atoms with Crippen LogP contribution in [0.15, 0.2) is 60.7 Å². The van der Waals surface area contributed by atoms with Crippen LogP contribution < -0.4 is 10.6 Å². The fourth-order valence-corrected chi connectivity index (χ4v) is 8.89. The molecule has 0 unspecified atom stereocenters. The average molecular weight is 514 g/mol. The SMILES string of the molecule is [B].[B].c1ccc([P@@]2CCOCCOCCOCCOCCOCC[P@](c3ccccc3)CC2)cc1. The molecule has 2 aromatic rings. The highest BCUT2D eigenvalue weighted by Crippen LogP contribution is 2.41. The van der Waals surface area contributed by atoms with Gasteiger partial charge in [-0.05, 0) is 35.3 Å². The van der Waals surface area contributed by atoms with Crippen molar-refractivity contribution in [3.05, 3.63) is 60.7 Å². The van der Waals surface area contributed by atoms with Crippen LogP contribution in [0.2, 0.25) is 0 Å². The van der Waals surface area contributed by atoms with Crippen LogP contribution in [0.25, 0.3) is 0 Å². The third kappa shape index (κ3) is 13.9. The Balaban J connectivity index is 0.00000306. The zero-order valence-corrected chi connectivity index (χ0v) is 22.6. The third-order valence-electron chi connectivity index (χ3n) is 5.38. The minimum atomic E-state index is -0.255. The summed E-state index contributed by atoms with van der Waals surface area (Å²) >= 11 is 0. The van der Waals surface area contributed by atoms with Crippen molar-refractivity contribution in [2.45, 2.75) is 0 Å². The summed E-state index contributed by atoms with van der Waals surface area (Å²) < 4.78 is 28.6. The van der Waals surface area contributed by atoms with E-state index in [4.69, 9.17) is 23.7 Å². The normalized spacial score (nSPS) is 22.5. The third-order valence-corrected chi connectivity index (χ3v) is 10.8.